The molecule has 1 aliphatic heterocycles. The van der Waals surface area contributed by atoms with Gasteiger partial charge in [0.15, 0.2) is 0 Å². The van der Waals surface area contributed by atoms with Crippen molar-refractivity contribution in [2.75, 3.05) is 6.54 Å². The van der Waals surface area contributed by atoms with Gasteiger partial charge in [0.1, 0.15) is 10.6 Å². The summed E-state index contributed by atoms with van der Waals surface area (Å²) in [6, 6.07) is 24.7. The molecular formula is C22H16INOS. The second-order valence-electron chi connectivity index (χ2n) is 6.08. The van der Waals surface area contributed by atoms with Crippen molar-refractivity contribution in [3.05, 3.63) is 83.9 Å². The quantitative estimate of drug-likeness (QED) is 0.370. The van der Waals surface area contributed by atoms with Crippen molar-refractivity contribution >= 4 is 51.0 Å². The third-order valence-electron chi connectivity index (χ3n) is 4.56. The lowest BCUT2D eigenvalue weighted by molar-refractivity contribution is -0.129. The fraction of sp³-hybridized carbons (Fsp3) is 0.136. The minimum atomic E-state index is -0.184. The number of halogens is 1. The SMILES string of the molecule is O=C1C(c2ccccc2)SC(c2cccc3ccccc23)N1CC#CI. The standard InChI is InChI=1S/C22H16INOS/c23-14-7-15-24-21(25)20(17-9-2-1-3-10-17)26-22(24)19-13-6-11-16-8-4-5-12-18(16)19/h1-6,8-13,20,22H,15H2. The van der Waals surface area contributed by atoms with E-state index in [0.717, 1.165) is 5.56 Å². The molecule has 2 atom stereocenters. The van der Waals surface area contributed by atoms with Crippen molar-refractivity contribution < 1.29 is 4.79 Å². The number of fused-ring (bicyclic) bond motifs is 1. The average Bonchev–Trinajstić information content (AvgIpc) is 3.02. The van der Waals surface area contributed by atoms with Gasteiger partial charge < -0.3 is 4.90 Å². The Bertz CT molecular complexity index is 1000. The van der Waals surface area contributed by atoms with E-state index < -0.39 is 0 Å². The molecule has 0 radical (unpaired) electrons. The van der Waals surface area contributed by atoms with Crippen molar-refractivity contribution in [1.82, 2.24) is 4.90 Å². The fourth-order valence-electron chi connectivity index (χ4n) is 3.36. The van der Waals surface area contributed by atoms with Crippen LogP contribution < -0.4 is 0 Å². The van der Waals surface area contributed by atoms with Gasteiger partial charge >= 0.3 is 0 Å². The van der Waals surface area contributed by atoms with E-state index in [2.05, 4.69) is 46.2 Å². The molecule has 1 saturated heterocycles. The first kappa shape index (κ1) is 17.4. The topological polar surface area (TPSA) is 20.3 Å². The van der Waals surface area contributed by atoms with Crippen molar-refractivity contribution in [1.29, 1.82) is 0 Å². The van der Waals surface area contributed by atoms with Gasteiger partial charge in [0.25, 0.3) is 0 Å². The second kappa shape index (κ2) is 7.73. The van der Waals surface area contributed by atoms with Crippen LogP contribution in [0.3, 0.4) is 0 Å². The smallest absolute Gasteiger partial charge is 0.242 e. The van der Waals surface area contributed by atoms with Crippen LogP contribution in [0.15, 0.2) is 72.8 Å². The summed E-state index contributed by atoms with van der Waals surface area (Å²) in [4.78, 5) is 15.1. The zero-order valence-electron chi connectivity index (χ0n) is 13.9. The van der Waals surface area contributed by atoms with E-state index in [1.165, 1.54) is 16.3 Å². The maximum atomic E-state index is 13.2. The molecule has 0 aliphatic carbocycles. The van der Waals surface area contributed by atoms with Crippen LogP contribution in [0, 0.1) is 9.85 Å². The Morgan fingerprint density at radius 2 is 1.69 bits per heavy atom. The summed E-state index contributed by atoms with van der Waals surface area (Å²) in [5, 5.41) is 2.18. The molecule has 1 amide bonds. The van der Waals surface area contributed by atoms with Crippen LogP contribution in [-0.2, 0) is 4.79 Å². The molecule has 1 heterocycles. The first-order valence-electron chi connectivity index (χ1n) is 8.36. The van der Waals surface area contributed by atoms with E-state index >= 15 is 0 Å². The number of hydrogen-bond donors (Lipinski definition) is 0. The summed E-state index contributed by atoms with van der Waals surface area (Å²) >= 11 is 3.73. The number of carbonyl (C=O) groups excluding carboxylic acids is 1. The molecule has 4 rings (SSSR count). The summed E-state index contributed by atoms with van der Waals surface area (Å²) in [7, 11) is 0. The van der Waals surface area contributed by atoms with Gasteiger partial charge in [-0.15, -0.1) is 11.8 Å². The lowest BCUT2D eigenvalue weighted by Gasteiger charge is -2.23. The highest BCUT2D eigenvalue weighted by Gasteiger charge is 2.41. The zero-order valence-corrected chi connectivity index (χ0v) is 16.9. The molecule has 0 aromatic heterocycles. The second-order valence-corrected chi connectivity index (χ2v) is 7.81. The Labute approximate surface area is 171 Å². The molecule has 4 heteroatoms. The third-order valence-corrected chi connectivity index (χ3v) is 6.46. The zero-order chi connectivity index (χ0) is 17.9. The fourth-order valence-corrected chi connectivity index (χ4v) is 5.03. The summed E-state index contributed by atoms with van der Waals surface area (Å²) in [6.07, 6.45) is 0. The van der Waals surface area contributed by atoms with Crippen LogP contribution in [0.1, 0.15) is 21.8 Å². The third kappa shape index (κ3) is 3.22. The predicted molar refractivity (Wildman–Crippen MR) is 117 cm³/mol. The lowest BCUT2D eigenvalue weighted by atomic mass is 10.0. The van der Waals surface area contributed by atoms with E-state index in [1.807, 2.05) is 63.9 Å². The van der Waals surface area contributed by atoms with E-state index in [-0.39, 0.29) is 16.5 Å². The molecule has 26 heavy (non-hydrogen) atoms. The summed E-state index contributed by atoms with van der Waals surface area (Å²) in [5.74, 6) is 3.21. The Morgan fingerprint density at radius 3 is 2.50 bits per heavy atom. The van der Waals surface area contributed by atoms with Crippen LogP contribution in [0.25, 0.3) is 10.8 Å². The van der Waals surface area contributed by atoms with E-state index in [9.17, 15) is 4.79 Å². The molecule has 0 bridgehead atoms. The van der Waals surface area contributed by atoms with Gasteiger partial charge in [-0.25, -0.2) is 0 Å². The van der Waals surface area contributed by atoms with Crippen LogP contribution in [-0.4, -0.2) is 17.4 Å². The number of carbonyl (C=O) groups is 1. The highest BCUT2D eigenvalue weighted by atomic mass is 127. The molecule has 0 N–H and O–H groups in total. The Morgan fingerprint density at radius 1 is 0.962 bits per heavy atom. The van der Waals surface area contributed by atoms with Gasteiger partial charge in [-0.3, -0.25) is 4.79 Å². The van der Waals surface area contributed by atoms with E-state index in [4.69, 9.17) is 0 Å². The molecule has 1 aliphatic rings. The first-order valence-corrected chi connectivity index (χ1v) is 10.4. The highest BCUT2D eigenvalue weighted by molar-refractivity contribution is 14.1. The van der Waals surface area contributed by atoms with Crippen LogP contribution in [0.2, 0.25) is 0 Å². The number of rotatable bonds is 3. The van der Waals surface area contributed by atoms with Crippen molar-refractivity contribution in [2.24, 2.45) is 0 Å². The van der Waals surface area contributed by atoms with E-state index in [0.29, 0.717) is 6.54 Å². The maximum Gasteiger partial charge on any atom is 0.242 e. The molecule has 2 nitrogen and oxygen atoms in total. The first-order chi connectivity index (χ1) is 12.8. The molecule has 0 saturated carbocycles. The Hall–Kier alpha value is -1.97. The minimum absolute atomic E-state index is 0.0314. The van der Waals surface area contributed by atoms with E-state index in [1.54, 1.807) is 11.8 Å². The average molecular weight is 469 g/mol. The number of hydrogen-bond acceptors (Lipinski definition) is 2. The molecule has 3 aromatic rings. The van der Waals surface area contributed by atoms with Crippen LogP contribution in [0.5, 0.6) is 0 Å². The molecule has 2 unspecified atom stereocenters. The maximum absolute atomic E-state index is 13.2. The summed E-state index contributed by atoms with van der Waals surface area (Å²) in [5.41, 5.74) is 2.23. The number of nitrogens with zero attached hydrogens (tertiary/aromatic N) is 1. The van der Waals surface area contributed by atoms with Gasteiger partial charge in [0, 0.05) is 22.6 Å². The van der Waals surface area contributed by atoms with Crippen LogP contribution >= 0.6 is 34.4 Å². The summed E-state index contributed by atoms with van der Waals surface area (Å²) in [6.45, 7) is 0.450. The minimum Gasteiger partial charge on any atom is -0.314 e. The normalized spacial score (nSPS) is 19.4. The largest absolute Gasteiger partial charge is 0.314 e. The monoisotopic (exact) mass is 469 g/mol. The molecule has 0 spiro atoms. The van der Waals surface area contributed by atoms with Crippen LogP contribution in [0.4, 0.5) is 0 Å². The van der Waals surface area contributed by atoms with Gasteiger partial charge in [-0.1, -0.05) is 78.7 Å². The number of amides is 1. The number of thioether (sulfide) groups is 1. The molecular weight excluding hydrogens is 453 g/mol. The van der Waals surface area contributed by atoms with Gasteiger partial charge in [0.2, 0.25) is 5.91 Å². The Balaban J connectivity index is 1.79. The predicted octanol–water partition coefficient (Wildman–Crippen LogP) is 5.55. The number of benzene rings is 3. The lowest BCUT2D eigenvalue weighted by Crippen LogP contribution is -2.29. The van der Waals surface area contributed by atoms with Gasteiger partial charge in [-0.2, -0.15) is 0 Å². The van der Waals surface area contributed by atoms with Crippen molar-refractivity contribution in [2.45, 2.75) is 10.6 Å². The molecule has 1 fully saturated rings. The highest BCUT2D eigenvalue weighted by Crippen LogP contribution is 2.51. The molecule has 3 aromatic carbocycles. The van der Waals surface area contributed by atoms with Gasteiger partial charge in [0.05, 0.1) is 6.54 Å². The van der Waals surface area contributed by atoms with Gasteiger partial charge in [-0.05, 0) is 25.8 Å². The summed E-state index contributed by atoms with van der Waals surface area (Å²) < 4.78 is 2.90. The molecule has 128 valence electrons. The Kier molecular flexibility index (Phi) is 5.18. The van der Waals surface area contributed by atoms with Crippen molar-refractivity contribution in [3.8, 4) is 9.85 Å². The van der Waals surface area contributed by atoms with Crippen molar-refractivity contribution in [3.63, 3.8) is 0 Å².